The summed E-state index contributed by atoms with van der Waals surface area (Å²) in [5.74, 6) is 0.445. The first-order valence-electron chi connectivity index (χ1n) is 7.94. The summed E-state index contributed by atoms with van der Waals surface area (Å²) in [6, 6.07) is 11.1. The Morgan fingerprint density at radius 2 is 1.65 bits per heavy atom. The number of rotatable bonds is 2. The molecule has 0 nitrogen and oxygen atoms in total. The van der Waals surface area contributed by atoms with Gasteiger partial charge in [0.2, 0.25) is 0 Å². The van der Waals surface area contributed by atoms with E-state index in [1.165, 1.54) is 32.3 Å². The van der Waals surface area contributed by atoms with E-state index >= 15 is 0 Å². The third-order valence-corrected chi connectivity index (χ3v) is 6.37. The number of allylic oxidation sites excluding steroid dienone is 4. The van der Waals surface area contributed by atoms with Gasteiger partial charge in [-0.1, -0.05) is 82.1 Å². The SMILES string of the molecule is CC(C)(c1c(Br)ccc2c1Cc1cc(Br)ccc1-2)C1C=CC=C1. The van der Waals surface area contributed by atoms with E-state index in [0.29, 0.717) is 5.92 Å². The smallest absolute Gasteiger partial charge is 0.0216 e. The largest absolute Gasteiger partial charge is 0.0768 e. The van der Waals surface area contributed by atoms with Crippen LogP contribution in [0.5, 0.6) is 0 Å². The number of halogens is 2. The van der Waals surface area contributed by atoms with E-state index in [1.807, 2.05) is 0 Å². The summed E-state index contributed by atoms with van der Waals surface area (Å²) in [5.41, 5.74) is 7.18. The van der Waals surface area contributed by atoms with Crippen LogP contribution in [0.1, 0.15) is 30.5 Å². The fourth-order valence-electron chi connectivity index (χ4n) is 3.99. The van der Waals surface area contributed by atoms with Crippen LogP contribution in [0.2, 0.25) is 0 Å². The van der Waals surface area contributed by atoms with Gasteiger partial charge in [-0.05, 0) is 52.4 Å². The van der Waals surface area contributed by atoms with Crippen LogP contribution in [0.25, 0.3) is 11.1 Å². The van der Waals surface area contributed by atoms with Gasteiger partial charge in [0.25, 0.3) is 0 Å². The van der Waals surface area contributed by atoms with Crippen LogP contribution in [0.4, 0.5) is 0 Å². The van der Waals surface area contributed by atoms with Gasteiger partial charge in [0.15, 0.2) is 0 Å². The topological polar surface area (TPSA) is 0 Å². The monoisotopic (exact) mass is 428 g/mol. The maximum Gasteiger partial charge on any atom is 0.0216 e. The Morgan fingerprint density at radius 3 is 2.39 bits per heavy atom. The van der Waals surface area contributed by atoms with Crippen molar-refractivity contribution in [2.75, 3.05) is 0 Å². The Hall–Kier alpha value is -1.12. The fourth-order valence-corrected chi connectivity index (χ4v) is 5.28. The van der Waals surface area contributed by atoms with E-state index in [1.54, 1.807) is 0 Å². The molecule has 0 bridgehead atoms. The number of hydrogen-bond donors (Lipinski definition) is 0. The van der Waals surface area contributed by atoms with Gasteiger partial charge in [-0.25, -0.2) is 0 Å². The molecule has 4 rings (SSSR count). The third-order valence-electron chi connectivity index (χ3n) is 5.21. The third kappa shape index (κ3) is 2.38. The molecule has 0 spiro atoms. The lowest BCUT2D eigenvalue weighted by molar-refractivity contribution is 0.443. The average molecular weight is 430 g/mol. The molecule has 2 aliphatic rings. The molecule has 2 aliphatic carbocycles. The van der Waals surface area contributed by atoms with E-state index < -0.39 is 0 Å². The normalized spacial score (nSPS) is 16.0. The summed E-state index contributed by atoms with van der Waals surface area (Å²) in [6.45, 7) is 4.72. The van der Waals surface area contributed by atoms with Gasteiger partial charge >= 0.3 is 0 Å². The van der Waals surface area contributed by atoms with Crippen molar-refractivity contribution >= 4 is 31.9 Å². The molecule has 0 unspecified atom stereocenters. The minimum atomic E-state index is 0.0625. The Bertz CT molecular complexity index is 844. The zero-order valence-corrected chi connectivity index (χ0v) is 16.4. The Labute approximate surface area is 154 Å². The highest BCUT2D eigenvalue weighted by Crippen LogP contribution is 2.48. The summed E-state index contributed by atoms with van der Waals surface area (Å²) >= 11 is 7.44. The molecule has 0 saturated heterocycles. The predicted molar refractivity (Wildman–Crippen MR) is 105 cm³/mol. The highest BCUT2D eigenvalue weighted by molar-refractivity contribution is 9.10. The van der Waals surface area contributed by atoms with Gasteiger partial charge < -0.3 is 0 Å². The van der Waals surface area contributed by atoms with Crippen molar-refractivity contribution in [2.24, 2.45) is 5.92 Å². The Morgan fingerprint density at radius 1 is 0.957 bits per heavy atom. The van der Waals surface area contributed by atoms with Gasteiger partial charge in [0, 0.05) is 20.3 Å². The minimum Gasteiger partial charge on any atom is -0.0768 e. The van der Waals surface area contributed by atoms with Crippen molar-refractivity contribution in [1.82, 2.24) is 0 Å². The van der Waals surface area contributed by atoms with Crippen LogP contribution in [0, 0.1) is 5.92 Å². The van der Waals surface area contributed by atoms with E-state index in [0.717, 1.165) is 10.9 Å². The van der Waals surface area contributed by atoms with Crippen LogP contribution in [0.15, 0.2) is 63.6 Å². The molecular weight excluding hydrogens is 412 g/mol. The highest BCUT2D eigenvalue weighted by Gasteiger charge is 2.35. The maximum atomic E-state index is 3.83. The molecule has 116 valence electrons. The molecule has 23 heavy (non-hydrogen) atoms. The van der Waals surface area contributed by atoms with E-state index in [9.17, 15) is 0 Å². The van der Waals surface area contributed by atoms with Gasteiger partial charge in [-0.2, -0.15) is 0 Å². The zero-order chi connectivity index (χ0) is 16.2. The molecule has 0 amide bonds. The van der Waals surface area contributed by atoms with Crippen molar-refractivity contribution in [3.8, 4) is 11.1 Å². The first-order valence-corrected chi connectivity index (χ1v) is 9.53. The lowest BCUT2D eigenvalue weighted by atomic mass is 9.71. The van der Waals surface area contributed by atoms with E-state index in [4.69, 9.17) is 0 Å². The summed E-state index contributed by atoms with van der Waals surface area (Å²) in [5, 5.41) is 0. The number of hydrogen-bond acceptors (Lipinski definition) is 0. The first-order chi connectivity index (χ1) is 11.0. The van der Waals surface area contributed by atoms with Crippen LogP contribution < -0.4 is 0 Å². The van der Waals surface area contributed by atoms with Crippen LogP contribution in [0.3, 0.4) is 0 Å². The highest BCUT2D eigenvalue weighted by atomic mass is 79.9. The van der Waals surface area contributed by atoms with Crippen LogP contribution in [-0.4, -0.2) is 0 Å². The second kappa shape index (κ2) is 5.46. The number of fused-ring (bicyclic) bond motifs is 3. The lowest BCUT2D eigenvalue weighted by Crippen LogP contribution is -2.27. The average Bonchev–Trinajstić information content (AvgIpc) is 3.13. The summed E-state index contributed by atoms with van der Waals surface area (Å²) in [4.78, 5) is 0. The molecule has 0 aromatic heterocycles. The van der Waals surface area contributed by atoms with E-state index in [2.05, 4.69) is 100 Å². The molecule has 2 aromatic carbocycles. The van der Waals surface area contributed by atoms with Crippen LogP contribution in [-0.2, 0) is 11.8 Å². The van der Waals surface area contributed by atoms with Crippen molar-refractivity contribution in [3.05, 3.63) is 80.3 Å². The molecule has 0 heterocycles. The zero-order valence-electron chi connectivity index (χ0n) is 13.2. The lowest BCUT2D eigenvalue weighted by Gasteiger charge is -2.33. The standard InChI is InChI=1S/C21H18Br2/c1-21(2,14-5-3-4-6-14)20-18-12-13-11-15(22)7-8-16(13)17(18)9-10-19(20)23/h3-11,14H,12H2,1-2H3. The second-order valence-electron chi connectivity index (χ2n) is 6.94. The molecule has 2 heteroatoms. The summed E-state index contributed by atoms with van der Waals surface area (Å²) < 4.78 is 2.38. The Balaban J connectivity index is 1.91. The molecule has 0 fully saturated rings. The molecule has 0 atom stereocenters. The van der Waals surface area contributed by atoms with Crippen LogP contribution >= 0.6 is 31.9 Å². The number of benzene rings is 2. The predicted octanol–water partition coefficient (Wildman–Crippen LogP) is 6.80. The molecular formula is C21H18Br2. The molecule has 2 aromatic rings. The fraction of sp³-hybridized carbons (Fsp3) is 0.238. The Kier molecular flexibility index (Phi) is 3.66. The van der Waals surface area contributed by atoms with Crippen molar-refractivity contribution in [2.45, 2.75) is 25.7 Å². The molecule has 0 N–H and O–H groups in total. The van der Waals surface area contributed by atoms with E-state index in [-0.39, 0.29) is 5.41 Å². The molecule has 0 aliphatic heterocycles. The van der Waals surface area contributed by atoms with Gasteiger partial charge in [0.1, 0.15) is 0 Å². The summed E-state index contributed by atoms with van der Waals surface area (Å²) in [7, 11) is 0. The maximum absolute atomic E-state index is 3.83. The van der Waals surface area contributed by atoms with Gasteiger partial charge in [0.05, 0.1) is 0 Å². The van der Waals surface area contributed by atoms with Gasteiger partial charge in [-0.3, -0.25) is 0 Å². The minimum absolute atomic E-state index is 0.0625. The first kappa shape index (κ1) is 15.4. The van der Waals surface area contributed by atoms with Crippen molar-refractivity contribution in [3.63, 3.8) is 0 Å². The summed E-state index contributed by atoms with van der Waals surface area (Å²) in [6.07, 6.45) is 9.96. The molecule has 0 radical (unpaired) electrons. The second-order valence-corrected chi connectivity index (χ2v) is 8.71. The molecule has 0 saturated carbocycles. The van der Waals surface area contributed by atoms with Gasteiger partial charge in [-0.15, -0.1) is 0 Å². The quantitative estimate of drug-likeness (QED) is 0.420. The van der Waals surface area contributed by atoms with Crippen molar-refractivity contribution in [1.29, 1.82) is 0 Å². The van der Waals surface area contributed by atoms with Crippen molar-refractivity contribution < 1.29 is 0 Å².